The highest BCUT2D eigenvalue weighted by molar-refractivity contribution is 5.99. The average molecular weight is 472 g/mol. The van der Waals surface area contributed by atoms with Gasteiger partial charge in [0.25, 0.3) is 0 Å². The summed E-state index contributed by atoms with van der Waals surface area (Å²) in [6, 6.07) is 8.02. The van der Waals surface area contributed by atoms with Crippen LogP contribution in [0.5, 0.6) is 0 Å². The van der Waals surface area contributed by atoms with Crippen molar-refractivity contribution < 1.29 is 24.2 Å². The second-order valence-corrected chi connectivity index (χ2v) is 11.3. The quantitative estimate of drug-likeness (QED) is 0.579. The maximum Gasteiger partial charge on any atom is 0.246 e. The number of benzene rings is 1. The molecule has 0 saturated carbocycles. The second-order valence-electron chi connectivity index (χ2n) is 11.3. The number of carbonyl (C=O) groups excluding carboxylic acids is 3. The SMILES string of the molecule is CNC(=O)[C@@H]1[C@H]2C(=O)N([C@@H](CO)Cc3ccccc3)C(C(=O)NC(C)(C)C)C23CC(C)[C@@]1(C)O3. The van der Waals surface area contributed by atoms with Crippen molar-refractivity contribution in [2.24, 2.45) is 17.8 Å². The van der Waals surface area contributed by atoms with Crippen molar-refractivity contribution >= 4 is 17.7 Å². The van der Waals surface area contributed by atoms with Crippen LogP contribution >= 0.6 is 0 Å². The monoisotopic (exact) mass is 471 g/mol. The van der Waals surface area contributed by atoms with Gasteiger partial charge in [-0.15, -0.1) is 0 Å². The molecule has 3 aliphatic rings. The van der Waals surface area contributed by atoms with E-state index in [9.17, 15) is 19.5 Å². The third kappa shape index (κ3) is 3.62. The summed E-state index contributed by atoms with van der Waals surface area (Å²) >= 11 is 0. The number of likely N-dealkylation sites (tertiary alicyclic amines) is 1. The standard InChI is InChI=1S/C26H37N3O5/c1-15-13-26-19(18(21(31)27-6)25(15,5)34-26)23(33)29(20(26)22(32)28-24(2,3)4)17(14-30)12-16-10-8-7-9-11-16/h7-11,15,17-20,30H,12-14H2,1-6H3,(H,27,31)(H,28,32)/t15?,17-,18+,19+,20?,25-,26?/m1/s1. The Labute approximate surface area is 201 Å². The summed E-state index contributed by atoms with van der Waals surface area (Å²) in [4.78, 5) is 42.5. The van der Waals surface area contributed by atoms with Crippen LogP contribution in [0.4, 0.5) is 0 Å². The number of aliphatic hydroxyl groups is 1. The van der Waals surface area contributed by atoms with Gasteiger partial charge in [0.2, 0.25) is 17.7 Å². The van der Waals surface area contributed by atoms with Gasteiger partial charge in [0, 0.05) is 12.6 Å². The van der Waals surface area contributed by atoms with Gasteiger partial charge in [0.1, 0.15) is 11.6 Å². The molecule has 1 aromatic rings. The van der Waals surface area contributed by atoms with E-state index in [4.69, 9.17) is 4.74 Å². The van der Waals surface area contributed by atoms with E-state index < -0.39 is 40.7 Å². The molecule has 3 amide bonds. The van der Waals surface area contributed by atoms with Crippen molar-refractivity contribution in [1.29, 1.82) is 0 Å². The number of ether oxygens (including phenoxy) is 1. The summed E-state index contributed by atoms with van der Waals surface area (Å²) in [6.07, 6.45) is 0.887. The molecule has 3 unspecified atom stereocenters. The Balaban J connectivity index is 1.82. The first-order chi connectivity index (χ1) is 15.9. The highest BCUT2D eigenvalue weighted by atomic mass is 16.5. The lowest BCUT2D eigenvalue weighted by Gasteiger charge is -2.38. The van der Waals surface area contributed by atoms with Crippen LogP contribution in [0, 0.1) is 17.8 Å². The van der Waals surface area contributed by atoms with Crippen LogP contribution in [0.3, 0.4) is 0 Å². The number of amides is 3. The summed E-state index contributed by atoms with van der Waals surface area (Å²) in [5.41, 5.74) is -1.55. The molecule has 0 aromatic heterocycles. The number of hydrogen-bond acceptors (Lipinski definition) is 5. The largest absolute Gasteiger partial charge is 0.394 e. The topological polar surface area (TPSA) is 108 Å². The zero-order valence-electron chi connectivity index (χ0n) is 20.9. The van der Waals surface area contributed by atoms with E-state index in [0.717, 1.165) is 5.56 Å². The fourth-order valence-electron chi connectivity index (χ4n) is 6.50. The third-order valence-electron chi connectivity index (χ3n) is 7.95. The fourth-order valence-corrected chi connectivity index (χ4v) is 6.50. The average Bonchev–Trinajstić information content (AvgIpc) is 3.28. The number of rotatable bonds is 6. The Kier molecular flexibility index (Phi) is 6.05. The number of nitrogens with one attached hydrogen (secondary N) is 2. The summed E-state index contributed by atoms with van der Waals surface area (Å²) in [5.74, 6) is -2.38. The van der Waals surface area contributed by atoms with Crippen molar-refractivity contribution in [2.75, 3.05) is 13.7 Å². The zero-order valence-corrected chi connectivity index (χ0v) is 20.9. The van der Waals surface area contributed by atoms with Crippen LogP contribution in [-0.2, 0) is 25.5 Å². The predicted molar refractivity (Wildman–Crippen MR) is 127 cm³/mol. The molecule has 8 heteroatoms. The summed E-state index contributed by atoms with van der Waals surface area (Å²) in [7, 11) is 1.56. The minimum absolute atomic E-state index is 0.0227. The van der Waals surface area contributed by atoms with Gasteiger partial charge < -0.3 is 25.4 Å². The Hall–Kier alpha value is -2.45. The minimum Gasteiger partial charge on any atom is -0.394 e. The molecule has 0 radical (unpaired) electrons. The molecule has 7 atom stereocenters. The van der Waals surface area contributed by atoms with Gasteiger partial charge in [-0.25, -0.2) is 0 Å². The molecule has 1 aromatic carbocycles. The second kappa shape index (κ2) is 8.34. The molecule has 8 nitrogen and oxygen atoms in total. The van der Waals surface area contributed by atoms with Crippen LogP contribution in [0.25, 0.3) is 0 Å². The van der Waals surface area contributed by atoms with Crippen molar-refractivity contribution in [2.45, 2.75) is 76.3 Å². The highest BCUT2D eigenvalue weighted by Crippen LogP contribution is 2.65. The molecule has 4 rings (SSSR count). The first kappa shape index (κ1) is 24.7. The van der Waals surface area contributed by atoms with E-state index in [-0.39, 0.29) is 30.2 Å². The van der Waals surface area contributed by atoms with E-state index >= 15 is 0 Å². The van der Waals surface area contributed by atoms with Crippen LogP contribution < -0.4 is 10.6 Å². The third-order valence-corrected chi connectivity index (χ3v) is 7.95. The van der Waals surface area contributed by atoms with Crippen LogP contribution in [-0.4, -0.2) is 70.2 Å². The Bertz CT molecular complexity index is 976. The lowest BCUT2D eigenvalue weighted by Crippen LogP contribution is -2.60. The van der Waals surface area contributed by atoms with Gasteiger partial charge in [-0.3, -0.25) is 14.4 Å². The summed E-state index contributed by atoms with van der Waals surface area (Å²) in [5, 5.41) is 16.1. The van der Waals surface area contributed by atoms with Gasteiger partial charge in [-0.2, -0.15) is 0 Å². The van der Waals surface area contributed by atoms with Gasteiger partial charge >= 0.3 is 0 Å². The van der Waals surface area contributed by atoms with Gasteiger partial charge in [-0.1, -0.05) is 37.3 Å². The Morgan fingerprint density at radius 1 is 1.24 bits per heavy atom. The molecule has 3 fully saturated rings. The molecule has 3 heterocycles. The van der Waals surface area contributed by atoms with E-state index in [1.807, 2.05) is 65.0 Å². The van der Waals surface area contributed by atoms with Crippen molar-refractivity contribution in [3.8, 4) is 0 Å². The highest BCUT2D eigenvalue weighted by Gasteiger charge is 2.80. The predicted octanol–water partition coefficient (Wildman–Crippen LogP) is 1.26. The number of nitrogens with zero attached hydrogens (tertiary/aromatic N) is 1. The van der Waals surface area contributed by atoms with Crippen LogP contribution in [0.1, 0.15) is 46.6 Å². The summed E-state index contributed by atoms with van der Waals surface area (Å²) < 4.78 is 6.65. The maximum absolute atomic E-state index is 14.1. The van der Waals surface area contributed by atoms with Gasteiger partial charge in [-0.05, 0) is 52.0 Å². The first-order valence-electron chi connectivity index (χ1n) is 12.1. The van der Waals surface area contributed by atoms with E-state index in [0.29, 0.717) is 12.8 Å². The summed E-state index contributed by atoms with van der Waals surface area (Å²) in [6.45, 7) is 9.26. The molecular formula is C26H37N3O5. The molecule has 0 aliphatic carbocycles. The number of hydrogen-bond donors (Lipinski definition) is 3. The first-order valence-corrected chi connectivity index (χ1v) is 12.1. The minimum atomic E-state index is -1.12. The van der Waals surface area contributed by atoms with Gasteiger partial charge in [0.15, 0.2) is 0 Å². The lowest BCUT2D eigenvalue weighted by molar-refractivity contribution is -0.151. The Morgan fingerprint density at radius 3 is 2.44 bits per heavy atom. The zero-order chi connectivity index (χ0) is 25.1. The fraction of sp³-hybridized carbons (Fsp3) is 0.654. The molecule has 2 bridgehead atoms. The smallest absolute Gasteiger partial charge is 0.246 e. The lowest BCUT2D eigenvalue weighted by atomic mass is 9.62. The van der Waals surface area contributed by atoms with Crippen molar-refractivity contribution in [1.82, 2.24) is 15.5 Å². The van der Waals surface area contributed by atoms with Crippen molar-refractivity contribution in [3.05, 3.63) is 35.9 Å². The number of aliphatic hydroxyl groups excluding tert-OH is 1. The molecule has 34 heavy (non-hydrogen) atoms. The van der Waals surface area contributed by atoms with Gasteiger partial charge in [0.05, 0.1) is 30.1 Å². The molecule has 1 spiro atoms. The number of fused-ring (bicyclic) bond motifs is 1. The van der Waals surface area contributed by atoms with E-state index in [2.05, 4.69) is 10.6 Å². The molecule has 3 saturated heterocycles. The molecule has 186 valence electrons. The van der Waals surface area contributed by atoms with E-state index in [1.54, 1.807) is 7.05 Å². The Morgan fingerprint density at radius 2 is 1.88 bits per heavy atom. The number of carbonyl (C=O) groups is 3. The molecule has 3 N–H and O–H groups in total. The molecular weight excluding hydrogens is 434 g/mol. The van der Waals surface area contributed by atoms with E-state index in [1.165, 1.54) is 4.90 Å². The molecule has 3 aliphatic heterocycles. The van der Waals surface area contributed by atoms with Crippen molar-refractivity contribution in [3.63, 3.8) is 0 Å². The van der Waals surface area contributed by atoms with Crippen LogP contribution in [0.15, 0.2) is 30.3 Å². The normalized spacial score (nSPS) is 35.3. The maximum atomic E-state index is 14.1. The van der Waals surface area contributed by atoms with Crippen LogP contribution in [0.2, 0.25) is 0 Å².